The Bertz CT molecular complexity index is 1120. The molecule has 2 aromatic heterocycles. The van der Waals surface area contributed by atoms with Gasteiger partial charge in [-0.3, -0.25) is 0 Å². The number of aryl methyl sites for hydroxylation is 1. The van der Waals surface area contributed by atoms with E-state index < -0.39 is 0 Å². The summed E-state index contributed by atoms with van der Waals surface area (Å²) < 4.78 is 6.36. The Balaban J connectivity index is -0.000000125. The fraction of sp³-hybridized carbons (Fsp3) is 0.394. The molecule has 0 amide bonds. The Morgan fingerprint density at radius 3 is 1.57 bits per heavy atom. The molecule has 2 heterocycles. The topological polar surface area (TPSA) is 102 Å². The standard InChI is InChI=1S/C14H9BN4O.C7H9N.6C2H6.2H2/c15-20-12-5-13(9-1-3-11(17)4-2-9)14-10(6-16)7-18-19(14)8-12;1-6-2-4-7(8)5-3-6;6*1-2;;/h1-5,7-8H,17H2;2-5H,8H2,1H3;6*1-2H3;2*1H/i;;;;;;;;2*1+1. The first kappa shape index (κ1) is 43.1. The molecule has 4 aromatic rings. The van der Waals surface area contributed by atoms with Crippen molar-refractivity contribution in [1.82, 2.24) is 9.61 Å². The van der Waals surface area contributed by atoms with Gasteiger partial charge in [0.15, 0.2) is 0 Å². The lowest BCUT2D eigenvalue weighted by molar-refractivity contribution is 0.608. The molecular formula is C33H58BN5O. The Hall–Kier alpha value is -3.92. The van der Waals surface area contributed by atoms with Gasteiger partial charge in [-0.15, -0.1) is 0 Å². The second-order valence-corrected chi connectivity index (χ2v) is 6.20. The third-order valence-electron chi connectivity index (χ3n) is 4.14. The Kier molecular flexibility index (Phi) is 32.0. The van der Waals surface area contributed by atoms with Gasteiger partial charge in [-0.25, -0.2) is 4.52 Å². The Morgan fingerprint density at radius 1 is 0.775 bits per heavy atom. The van der Waals surface area contributed by atoms with Crippen LogP contribution in [0.2, 0.25) is 0 Å². The molecule has 40 heavy (non-hydrogen) atoms. The summed E-state index contributed by atoms with van der Waals surface area (Å²) in [6.07, 6.45) is 3.13. The number of nitrogens with zero attached hydrogens (tertiary/aromatic N) is 3. The first-order valence-corrected chi connectivity index (χ1v) is 14.5. The molecule has 0 unspecified atom stereocenters. The van der Waals surface area contributed by atoms with Crippen LogP contribution in [0, 0.1) is 18.3 Å². The SMILES string of the molecule is CC.CC.CC.CC.CC.CC.Cc1ccc(N)cc1.[2HH].[2HH].[B]Oc1cc(-c2ccc(N)cc2)c2c(C#N)cnn2c1. The van der Waals surface area contributed by atoms with Crippen LogP contribution in [0.25, 0.3) is 16.6 Å². The molecule has 7 heteroatoms. The van der Waals surface area contributed by atoms with Gasteiger partial charge in [0.25, 0.3) is 0 Å². The summed E-state index contributed by atoms with van der Waals surface area (Å²) in [5.41, 5.74) is 16.8. The highest BCUT2D eigenvalue weighted by Crippen LogP contribution is 2.31. The number of hydrogen-bond acceptors (Lipinski definition) is 5. The van der Waals surface area contributed by atoms with Crippen LogP contribution in [-0.2, 0) is 0 Å². The first-order chi connectivity index (χ1) is 19.5. The summed E-state index contributed by atoms with van der Waals surface area (Å²) in [7, 11) is 5.23. The number of nitriles is 1. The molecule has 6 nitrogen and oxygen atoms in total. The van der Waals surface area contributed by atoms with Gasteiger partial charge in [-0.05, 0) is 42.8 Å². The number of benzene rings is 2. The molecule has 0 saturated carbocycles. The maximum Gasteiger partial charge on any atom is 0.374 e. The van der Waals surface area contributed by atoms with E-state index in [9.17, 15) is 5.26 Å². The summed E-state index contributed by atoms with van der Waals surface area (Å²) in [5.74, 6) is 0.455. The Morgan fingerprint density at radius 2 is 1.20 bits per heavy atom. The molecular weight excluding hydrogens is 493 g/mol. The van der Waals surface area contributed by atoms with E-state index in [0.717, 1.165) is 16.8 Å². The molecule has 0 bridgehead atoms. The molecule has 0 aliphatic rings. The van der Waals surface area contributed by atoms with Crippen molar-refractivity contribution in [2.45, 2.75) is 90.0 Å². The summed E-state index contributed by atoms with van der Waals surface area (Å²) >= 11 is 0. The van der Waals surface area contributed by atoms with Crippen LogP contribution in [0.4, 0.5) is 11.4 Å². The molecule has 0 saturated heterocycles. The molecule has 0 atom stereocenters. The smallest absolute Gasteiger partial charge is 0.374 e. The predicted octanol–water partition coefficient (Wildman–Crippen LogP) is 10.1. The highest BCUT2D eigenvalue weighted by Gasteiger charge is 2.12. The minimum absolute atomic E-state index is 0. The number of hydrogen-bond donors (Lipinski definition) is 2. The quantitative estimate of drug-likeness (QED) is 0.190. The van der Waals surface area contributed by atoms with Crippen molar-refractivity contribution in [2.24, 2.45) is 0 Å². The van der Waals surface area contributed by atoms with Crippen LogP contribution in [0.15, 0.2) is 67.0 Å². The third kappa shape index (κ3) is 15.5. The van der Waals surface area contributed by atoms with E-state index in [1.54, 1.807) is 28.9 Å². The van der Waals surface area contributed by atoms with Crippen LogP contribution < -0.4 is 16.1 Å². The molecule has 4 rings (SSSR count). The van der Waals surface area contributed by atoms with Gasteiger partial charge in [0.05, 0.1) is 23.5 Å². The average molecular weight is 554 g/mol. The van der Waals surface area contributed by atoms with Crippen molar-refractivity contribution in [3.8, 4) is 22.9 Å². The van der Waals surface area contributed by atoms with Crippen molar-refractivity contribution in [2.75, 3.05) is 11.5 Å². The zero-order valence-corrected chi connectivity index (χ0v) is 27.3. The number of nitrogens with two attached hydrogens (primary N) is 2. The van der Waals surface area contributed by atoms with Crippen LogP contribution >= 0.6 is 0 Å². The number of nitrogen functional groups attached to an aromatic ring is 2. The van der Waals surface area contributed by atoms with Gasteiger partial charge in [-0.1, -0.05) is 113 Å². The van der Waals surface area contributed by atoms with Crippen LogP contribution in [0.1, 0.15) is 97.1 Å². The first-order valence-electron chi connectivity index (χ1n) is 14.5. The Labute approximate surface area is 249 Å². The van der Waals surface area contributed by atoms with E-state index in [4.69, 9.17) is 24.2 Å². The second kappa shape index (κ2) is 29.6. The molecule has 0 fully saturated rings. The fourth-order valence-electron chi connectivity index (χ4n) is 2.69. The highest BCUT2D eigenvalue weighted by molar-refractivity contribution is 6.00. The predicted molar refractivity (Wildman–Crippen MR) is 184 cm³/mol. The van der Waals surface area contributed by atoms with Crippen molar-refractivity contribution in [3.63, 3.8) is 0 Å². The number of fused-ring (bicyclic) bond motifs is 1. The zero-order chi connectivity index (χ0) is 32.1. The van der Waals surface area contributed by atoms with Crippen LogP contribution in [0.5, 0.6) is 5.75 Å². The summed E-state index contributed by atoms with van der Waals surface area (Å²) in [6, 6.07) is 19.0. The summed E-state index contributed by atoms with van der Waals surface area (Å²) in [6.45, 7) is 26.0. The largest absolute Gasteiger partial charge is 0.567 e. The van der Waals surface area contributed by atoms with E-state index >= 15 is 0 Å². The van der Waals surface area contributed by atoms with Gasteiger partial charge < -0.3 is 16.1 Å². The monoisotopic (exact) mass is 553 g/mol. The van der Waals surface area contributed by atoms with Crippen LogP contribution in [-0.4, -0.2) is 17.7 Å². The third-order valence-corrected chi connectivity index (χ3v) is 4.14. The maximum absolute atomic E-state index is 9.19. The van der Waals surface area contributed by atoms with E-state index in [1.165, 1.54) is 11.8 Å². The van der Waals surface area contributed by atoms with Crippen molar-refractivity contribution >= 4 is 24.9 Å². The lowest BCUT2D eigenvalue weighted by Gasteiger charge is -2.09. The summed E-state index contributed by atoms with van der Waals surface area (Å²) in [4.78, 5) is 0. The molecule has 4 N–H and O–H groups in total. The van der Waals surface area contributed by atoms with Gasteiger partial charge >= 0.3 is 8.05 Å². The normalized spacial score (nSPS) is 7.90. The molecule has 0 spiro atoms. The highest BCUT2D eigenvalue weighted by atomic mass is 16.4. The van der Waals surface area contributed by atoms with E-state index in [0.29, 0.717) is 22.5 Å². The van der Waals surface area contributed by atoms with Gasteiger partial charge in [0, 0.05) is 19.8 Å². The van der Waals surface area contributed by atoms with Crippen molar-refractivity contribution < 1.29 is 7.51 Å². The summed E-state index contributed by atoms with van der Waals surface area (Å²) in [5, 5.41) is 13.3. The van der Waals surface area contributed by atoms with E-state index in [2.05, 4.69) is 11.2 Å². The molecule has 224 valence electrons. The fourth-order valence-corrected chi connectivity index (χ4v) is 2.69. The minimum atomic E-state index is 0. The molecule has 0 aliphatic heterocycles. The van der Waals surface area contributed by atoms with Gasteiger partial charge in [0.2, 0.25) is 0 Å². The lowest BCUT2D eigenvalue weighted by Crippen LogP contribution is -1.95. The van der Waals surface area contributed by atoms with Gasteiger partial charge in [0.1, 0.15) is 11.8 Å². The maximum atomic E-state index is 9.19. The number of anilines is 2. The van der Waals surface area contributed by atoms with Crippen molar-refractivity contribution in [3.05, 3.63) is 78.1 Å². The number of rotatable bonds is 2. The zero-order valence-electron chi connectivity index (χ0n) is 27.3. The van der Waals surface area contributed by atoms with E-state index in [-0.39, 0.29) is 2.85 Å². The molecule has 2 radical (unpaired) electrons. The van der Waals surface area contributed by atoms with Gasteiger partial charge in [-0.2, -0.15) is 10.4 Å². The number of pyridine rings is 1. The van der Waals surface area contributed by atoms with E-state index in [1.807, 2.05) is 126 Å². The average Bonchev–Trinajstić information content (AvgIpc) is 3.48. The molecule has 0 aliphatic carbocycles. The van der Waals surface area contributed by atoms with Crippen LogP contribution in [0.3, 0.4) is 0 Å². The minimum Gasteiger partial charge on any atom is -0.567 e. The second-order valence-electron chi connectivity index (χ2n) is 6.20. The van der Waals surface area contributed by atoms with Crippen molar-refractivity contribution in [1.29, 1.82) is 5.26 Å². The molecule has 2 aromatic carbocycles. The lowest BCUT2D eigenvalue weighted by atomic mass is 10.0. The number of aromatic nitrogens is 2.